The highest BCUT2D eigenvalue weighted by Gasteiger charge is 2.23. The minimum Gasteiger partial charge on any atom is -0.441 e. The van der Waals surface area contributed by atoms with Crippen molar-refractivity contribution in [3.63, 3.8) is 0 Å². The summed E-state index contributed by atoms with van der Waals surface area (Å²) >= 11 is 1.68. The van der Waals surface area contributed by atoms with Gasteiger partial charge in [-0.15, -0.1) is 0 Å². The molecule has 0 amide bonds. The summed E-state index contributed by atoms with van der Waals surface area (Å²) in [6.45, 7) is 8.73. The molecule has 28 heavy (non-hydrogen) atoms. The predicted octanol–water partition coefficient (Wildman–Crippen LogP) is 5.21. The Morgan fingerprint density at radius 1 is 1.11 bits per heavy atom. The fourth-order valence-corrected chi connectivity index (χ4v) is 4.70. The summed E-state index contributed by atoms with van der Waals surface area (Å²) < 4.78 is 5.87. The molecule has 1 aliphatic rings. The SMILES string of the molecule is Cc1oc(-c2ccccc2)nc1CSc1cc(N2CC(C)CC(C)C2)ncn1. The lowest BCUT2D eigenvalue weighted by Gasteiger charge is -2.35. The van der Waals surface area contributed by atoms with Crippen LogP contribution in [0.1, 0.15) is 31.7 Å². The molecule has 4 rings (SSSR count). The summed E-state index contributed by atoms with van der Waals surface area (Å²) in [7, 11) is 0. The highest BCUT2D eigenvalue weighted by atomic mass is 32.2. The number of thioether (sulfide) groups is 1. The average molecular weight is 395 g/mol. The zero-order valence-corrected chi connectivity index (χ0v) is 17.4. The quantitative estimate of drug-likeness (QED) is 0.437. The number of benzene rings is 1. The molecule has 1 aliphatic heterocycles. The molecule has 2 atom stereocenters. The minimum absolute atomic E-state index is 0.674. The standard InChI is InChI=1S/C22H26N4OS/c1-15-9-16(2)12-26(11-15)20-10-21(24-14-23-20)28-13-19-17(3)27-22(25-19)18-7-5-4-6-8-18/h4-8,10,14-16H,9,11-13H2,1-3H3. The van der Waals surface area contributed by atoms with E-state index in [9.17, 15) is 0 Å². The first kappa shape index (κ1) is 19.0. The zero-order chi connectivity index (χ0) is 19.5. The van der Waals surface area contributed by atoms with E-state index < -0.39 is 0 Å². The van der Waals surface area contributed by atoms with Crippen molar-refractivity contribution >= 4 is 17.6 Å². The van der Waals surface area contributed by atoms with Gasteiger partial charge >= 0.3 is 0 Å². The first-order chi connectivity index (χ1) is 13.6. The van der Waals surface area contributed by atoms with Gasteiger partial charge < -0.3 is 9.32 Å². The number of nitrogens with zero attached hydrogens (tertiary/aromatic N) is 4. The number of hydrogen-bond acceptors (Lipinski definition) is 6. The zero-order valence-electron chi connectivity index (χ0n) is 16.6. The lowest BCUT2D eigenvalue weighted by Crippen LogP contribution is -2.39. The summed E-state index contributed by atoms with van der Waals surface area (Å²) in [6, 6.07) is 12.1. The number of piperidine rings is 1. The van der Waals surface area contributed by atoms with Crippen molar-refractivity contribution in [2.24, 2.45) is 11.8 Å². The molecule has 0 N–H and O–H groups in total. The van der Waals surface area contributed by atoms with Crippen molar-refractivity contribution in [3.8, 4) is 11.5 Å². The van der Waals surface area contributed by atoms with Gasteiger partial charge in [0, 0.05) is 30.5 Å². The number of aryl methyl sites for hydroxylation is 1. The van der Waals surface area contributed by atoms with Gasteiger partial charge in [-0.25, -0.2) is 15.0 Å². The van der Waals surface area contributed by atoms with Crippen LogP contribution < -0.4 is 4.90 Å². The maximum atomic E-state index is 5.87. The fraction of sp³-hybridized carbons (Fsp3) is 0.409. The summed E-state index contributed by atoms with van der Waals surface area (Å²) in [5, 5.41) is 0.972. The van der Waals surface area contributed by atoms with Crippen LogP contribution in [0.3, 0.4) is 0 Å². The van der Waals surface area contributed by atoms with Crippen LogP contribution in [0.25, 0.3) is 11.5 Å². The van der Waals surface area contributed by atoms with Crippen molar-refractivity contribution < 1.29 is 4.42 Å². The minimum atomic E-state index is 0.674. The molecular weight excluding hydrogens is 368 g/mol. The van der Waals surface area contributed by atoms with Crippen LogP contribution in [0.15, 0.2) is 52.2 Å². The molecule has 6 heteroatoms. The molecule has 1 fully saturated rings. The van der Waals surface area contributed by atoms with Gasteiger partial charge in [0.05, 0.1) is 5.69 Å². The molecule has 3 heterocycles. The summed E-state index contributed by atoms with van der Waals surface area (Å²) in [4.78, 5) is 16.0. The first-order valence-electron chi connectivity index (χ1n) is 9.80. The van der Waals surface area contributed by atoms with E-state index >= 15 is 0 Å². The van der Waals surface area contributed by atoms with E-state index in [1.165, 1.54) is 6.42 Å². The van der Waals surface area contributed by atoms with E-state index in [4.69, 9.17) is 4.42 Å². The Morgan fingerprint density at radius 3 is 2.61 bits per heavy atom. The van der Waals surface area contributed by atoms with E-state index in [0.29, 0.717) is 17.7 Å². The second kappa shape index (κ2) is 8.35. The number of rotatable bonds is 5. The fourth-order valence-electron chi connectivity index (χ4n) is 3.84. The largest absolute Gasteiger partial charge is 0.441 e. The average Bonchev–Trinajstić information content (AvgIpc) is 3.07. The van der Waals surface area contributed by atoms with E-state index in [1.54, 1.807) is 18.1 Å². The molecular formula is C22H26N4OS. The first-order valence-corrected chi connectivity index (χ1v) is 10.8. The van der Waals surface area contributed by atoms with Crippen LogP contribution in [-0.2, 0) is 5.75 Å². The van der Waals surface area contributed by atoms with E-state index in [2.05, 4.69) is 39.8 Å². The molecule has 2 unspecified atom stereocenters. The van der Waals surface area contributed by atoms with E-state index in [1.807, 2.05) is 37.3 Å². The Balaban J connectivity index is 1.45. The Labute approximate surface area is 170 Å². The number of oxazole rings is 1. The number of aromatic nitrogens is 3. The van der Waals surface area contributed by atoms with Crippen molar-refractivity contribution in [2.75, 3.05) is 18.0 Å². The highest BCUT2D eigenvalue weighted by molar-refractivity contribution is 7.98. The molecule has 0 spiro atoms. The maximum absolute atomic E-state index is 5.87. The van der Waals surface area contributed by atoms with Crippen LogP contribution in [0, 0.1) is 18.8 Å². The molecule has 0 saturated carbocycles. The Bertz CT molecular complexity index is 917. The van der Waals surface area contributed by atoms with Gasteiger partial charge in [-0.2, -0.15) is 0 Å². The van der Waals surface area contributed by atoms with Gasteiger partial charge in [0.1, 0.15) is 22.9 Å². The molecule has 0 bridgehead atoms. The summed E-state index contributed by atoms with van der Waals surface area (Å²) in [5.74, 6) is 4.68. The van der Waals surface area contributed by atoms with Crippen LogP contribution in [-0.4, -0.2) is 28.0 Å². The van der Waals surface area contributed by atoms with Gasteiger partial charge in [0.2, 0.25) is 5.89 Å². The van der Waals surface area contributed by atoms with Gasteiger partial charge in [0.25, 0.3) is 0 Å². The normalized spacial score (nSPS) is 19.8. The smallest absolute Gasteiger partial charge is 0.226 e. The molecule has 2 aromatic heterocycles. The lowest BCUT2D eigenvalue weighted by atomic mass is 9.92. The Kier molecular flexibility index (Phi) is 5.67. The van der Waals surface area contributed by atoms with Crippen molar-refractivity contribution in [3.05, 3.63) is 54.2 Å². The molecule has 5 nitrogen and oxygen atoms in total. The van der Waals surface area contributed by atoms with Crippen molar-refractivity contribution in [2.45, 2.75) is 38.0 Å². The second-order valence-corrected chi connectivity index (χ2v) is 8.74. The van der Waals surface area contributed by atoms with Crippen LogP contribution in [0.2, 0.25) is 0 Å². The highest BCUT2D eigenvalue weighted by Crippen LogP contribution is 2.29. The molecule has 146 valence electrons. The van der Waals surface area contributed by atoms with Crippen molar-refractivity contribution in [1.82, 2.24) is 15.0 Å². The molecule has 3 aromatic rings. The lowest BCUT2D eigenvalue weighted by molar-refractivity contribution is 0.355. The maximum Gasteiger partial charge on any atom is 0.226 e. The summed E-state index contributed by atoms with van der Waals surface area (Å²) in [6.07, 6.45) is 2.96. The van der Waals surface area contributed by atoms with Gasteiger partial charge in [0.15, 0.2) is 0 Å². The monoisotopic (exact) mass is 394 g/mol. The molecule has 1 aromatic carbocycles. The third-order valence-electron chi connectivity index (χ3n) is 5.09. The van der Waals surface area contributed by atoms with Crippen LogP contribution in [0.4, 0.5) is 5.82 Å². The Hall–Kier alpha value is -2.34. The predicted molar refractivity (Wildman–Crippen MR) is 113 cm³/mol. The molecule has 0 aliphatic carbocycles. The van der Waals surface area contributed by atoms with E-state index in [-0.39, 0.29) is 0 Å². The van der Waals surface area contributed by atoms with Gasteiger partial charge in [-0.3, -0.25) is 0 Å². The van der Waals surface area contributed by atoms with E-state index in [0.717, 1.165) is 46.7 Å². The number of anilines is 1. The summed E-state index contributed by atoms with van der Waals surface area (Å²) in [5.41, 5.74) is 1.96. The van der Waals surface area contributed by atoms with Crippen LogP contribution in [0.5, 0.6) is 0 Å². The van der Waals surface area contributed by atoms with Crippen LogP contribution >= 0.6 is 11.8 Å². The van der Waals surface area contributed by atoms with Gasteiger partial charge in [-0.1, -0.05) is 43.8 Å². The van der Waals surface area contributed by atoms with Crippen molar-refractivity contribution in [1.29, 1.82) is 0 Å². The number of hydrogen-bond donors (Lipinski definition) is 0. The molecule has 0 radical (unpaired) electrons. The third kappa shape index (κ3) is 4.38. The topological polar surface area (TPSA) is 55.1 Å². The second-order valence-electron chi connectivity index (χ2n) is 7.74. The Morgan fingerprint density at radius 2 is 1.86 bits per heavy atom. The van der Waals surface area contributed by atoms with Gasteiger partial charge in [-0.05, 0) is 37.3 Å². The molecule has 1 saturated heterocycles. The third-order valence-corrected chi connectivity index (χ3v) is 6.03.